The lowest BCUT2D eigenvalue weighted by molar-refractivity contribution is 0.0647. The lowest BCUT2D eigenvalue weighted by Gasteiger charge is -2.20. The molecule has 0 spiro atoms. The van der Waals surface area contributed by atoms with E-state index in [1.165, 1.54) is 11.0 Å². The van der Waals surface area contributed by atoms with Crippen LogP contribution in [0.2, 0.25) is 0 Å². The largest absolute Gasteiger partial charge is 0.387 e. The van der Waals surface area contributed by atoms with Crippen molar-refractivity contribution in [2.45, 2.75) is 25.5 Å². The third-order valence-corrected chi connectivity index (χ3v) is 4.66. The molecule has 5 nitrogen and oxygen atoms in total. The van der Waals surface area contributed by atoms with Crippen molar-refractivity contribution in [3.8, 4) is 0 Å². The molecule has 0 bridgehead atoms. The van der Waals surface area contributed by atoms with Crippen LogP contribution in [-0.4, -0.2) is 41.0 Å². The van der Waals surface area contributed by atoms with Gasteiger partial charge in [-0.2, -0.15) is 0 Å². The summed E-state index contributed by atoms with van der Waals surface area (Å²) in [5.41, 5.74) is 0.416. The van der Waals surface area contributed by atoms with Crippen molar-refractivity contribution in [1.82, 2.24) is 10.2 Å². The van der Waals surface area contributed by atoms with E-state index in [0.717, 1.165) is 12.1 Å². The van der Waals surface area contributed by atoms with Gasteiger partial charge in [-0.25, -0.2) is 8.78 Å². The van der Waals surface area contributed by atoms with E-state index in [0.29, 0.717) is 17.5 Å². The molecule has 0 aliphatic carbocycles. The van der Waals surface area contributed by atoms with Gasteiger partial charge in [-0.1, -0.05) is 18.2 Å². The van der Waals surface area contributed by atoms with Crippen LogP contribution in [-0.2, 0) is 0 Å². The summed E-state index contributed by atoms with van der Waals surface area (Å²) in [5, 5.41) is 13.0. The van der Waals surface area contributed by atoms with Crippen molar-refractivity contribution < 1.29 is 23.5 Å². The van der Waals surface area contributed by atoms with Crippen LogP contribution in [0.5, 0.6) is 0 Å². The maximum atomic E-state index is 13.7. The maximum Gasteiger partial charge on any atom is 0.261 e. The summed E-state index contributed by atoms with van der Waals surface area (Å²) < 4.78 is 27.4. The van der Waals surface area contributed by atoms with E-state index < -0.39 is 17.7 Å². The molecule has 2 N–H and O–H groups in total. The van der Waals surface area contributed by atoms with Crippen LogP contribution in [0, 0.1) is 11.6 Å². The van der Waals surface area contributed by atoms with E-state index in [-0.39, 0.29) is 36.5 Å². The number of benzene rings is 2. The molecule has 1 aliphatic rings. The molecule has 142 valence electrons. The van der Waals surface area contributed by atoms with Crippen LogP contribution in [0.4, 0.5) is 8.78 Å². The molecule has 1 heterocycles. The Morgan fingerprint density at radius 1 is 1.00 bits per heavy atom. The number of halogens is 2. The highest BCUT2D eigenvalue weighted by Gasteiger charge is 2.34. The molecule has 0 radical (unpaired) electrons. The molecule has 2 aromatic carbocycles. The van der Waals surface area contributed by atoms with E-state index in [4.69, 9.17) is 0 Å². The van der Waals surface area contributed by atoms with Gasteiger partial charge in [0.05, 0.1) is 22.8 Å². The lowest BCUT2D eigenvalue weighted by Crippen LogP contribution is -2.37. The minimum atomic E-state index is -1.34. The number of carbonyl (C=O) groups excluding carboxylic acids is 2. The van der Waals surface area contributed by atoms with Gasteiger partial charge in [0.15, 0.2) is 0 Å². The van der Waals surface area contributed by atoms with Gasteiger partial charge in [-0.3, -0.25) is 14.5 Å². The first kappa shape index (κ1) is 19.1. The van der Waals surface area contributed by atoms with E-state index in [1.807, 2.05) is 6.92 Å². The first-order valence-corrected chi connectivity index (χ1v) is 8.70. The Bertz CT molecular complexity index is 817. The highest BCUT2D eigenvalue weighted by Crippen LogP contribution is 2.23. The molecule has 2 amide bonds. The first-order valence-electron chi connectivity index (χ1n) is 8.70. The summed E-state index contributed by atoms with van der Waals surface area (Å²) in [6.45, 7) is 1.97. The van der Waals surface area contributed by atoms with Gasteiger partial charge in [0.2, 0.25) is 0 Å². The van der Waals surface area contributed by atoms with Gasteiger partial charge in [0.25, 0.3) is 11.8 Å². The summed E-state index contributed by atoms with van der Waals surface area (Å²) in [6.07, 6.45) is -0.897. The van der Waals surface area contributed by atoms with Crippen LogP contribution < -0.4 is 5.32 Å². The second-order valence-electron chi connectivity index (χ2n) is 6.56. The Balaban J connectivity index is 1.53. The fourth-order valence-electron chi connectivity index (χ4n) is 3.11. The Labute approximate surface area is 155 Å². The summed E-state index contributed by atoms with van der Waals surface area (Å²) in [6, 6.07) is 9.90. The van der Waals surface area contributed by atoms with Crippen LogP contribution in [0.1, 0.15) is 45.7 Å². The van der Waals surface area contributed by atoms with Gasteiger partial charge in [0, 0.05) is 19.1 Å². The summed E-state index contributed by atoms with van der Waals surface area (Å²) in [5.74, 6) is -2.25. The lowest BCUT2D eigenvalue weighted by atomic mass is 10.1. The fourth-order valence-corrected chi connectivity index (χ4v) is 3.11. The van der Waals surface area contributed by atoms with Crippen molar-refractivity contribution in [3.63, 3.8) is 0 Å². The quantitative estimate of drug-likeness (QED) is 0.731. The maximum absolute atomic E-state index is 13.7. The highest BCUT2D eigenvalue weighted by molar-refractivity contribution is 6.21. The van der Waals surface area contributed by atoms with E-state index >= 15 is 0 Å². The molecule has 2 unspecified atom stereocenters. The molecule has 7 heteroatoms. The number of rotatable bonds is 7. The number of nitrogens with zero attached hydrogens (tertiary/aromatic N) is 1. The molecular weight excluding hydrogens is 354 g/mol. The molecule has 2 atom stereocenters. The highest BCUT2D eigenvalue weighted by atomic mass is 19.1. The average Bonchev–Trinajstić information content (AvgIpc) is 2.89. The number of nitrogens with one attached hydrogen (secondary N) is 1. The summed E-state index contributed by atoms with van der Waals surface area (Å²) in [7, 11) is 0. The first-order chi connectivity index (χ1) is 12.9. The third-order valence-electron chi connectivity index (χ3n) is 4.66. The van der Waals surface area contributed by atoms with Crippen molar-refractivity contribution >= 4 is 11.8 Å². The van der Waals surface area contributed by atoms with Crippen LogP contribution >= 0.6 is 0 Å². The van der Waals surface area contributed by atoms with Crippen molar-refractivity contribution in [2.75, 3.05) is 13.1 Å². The third kappa shape index (κ3) is 3.89. The van der Waals surface area contributed by atoms with Crippen molar-refractivity contribution in [3.05, 3.63) is 70.8 Å². The standard InChI is InChI=1S/C20H20F2N2O3/c1-12(23-11-17(25)18-15(21)7-4-8-16(18)22)9-10-24-19(26)13-5-2-3-6-14(13)20(24)27/h2-8,12,17,23,25H,9-11H2,1H3. The molecule has 0 aromatic heterocycles. The SMILES string of the molecule is CC(CCN1C(=O)c2ccccc2C1=O)NCC(O)c1c(F)cccc1F. The predicted octanol–water partition coefficient (Wildman–Crippen LogP) is 2.66. The molecule has 27 heavy (non-hydrogen) atoms. The minimum Gasteiger partial charge on any atom is -0.387 e. The number of fused-ring (bicyclic) bond motifs is 1. The number of amides is 2. The van der Waals surface area contributed by atoms with Gasteiger partial charge < -0.3 is 10.4 Å². The van der Waals surface area contributed by atoms with E-state index in [1.54, 1.807) is 24.3 Å². The number of carbonyl (C=O) groups is 2. The molecule has 0 fully saturated rings. The monoisotopic (exact) mass is 374 g/mol. The topological polar surface area (TPSA) is 69.6 Å². The van der Waals surface area contributed by atoms with Gasteiger partial charge in [-0.05, 0) is 37.6 Å². The number of aliphatic hydroxyl groups excluding tert-OH is 1. The average molecular weight is 374 g/mol. The van der Waals surface area contributed by atoms with Crippen molar-refractivity contribution in [2.24, 2.45) is 0 Å². The molecule has 0 saturated carbocycles. The molecule has 1 aliphatic heterocycles. The van der Waals surface area contributed by atoms with Crippen molar-refractivity contribution in [1.29, 1.82) is 0 Å². The molecule has 0 saturated heterocycles. The number of hydrogen-bond acceptors (Lipinski definition) is 4. The Kier molecular flexibility index (Phi) is 5.62. The Hall–Kier alpha value is -2.64. The minimum absolute atomic E-state index is 0.0544. The Morgan fingerprint density at radius 2 is 1.56 bits per heavy atom. The zero-order valence-electron chi connectivity index (χ0n) is 14.8. The van der Waals surface area contributed by atoms with Gasteiger partial charge in [0.1, 0.15) is 11.6 Å². The van der Waals surface area contributed by atoms with Gasteiger partial charge >= 0.3 is 0 Å². The van der Waals surface area contributed by atoms with Crippen LogP contribution in [0.15, 0.2) is 42.5 Å². The zero-order chi connectivity index (χ0) is 19.6. The normalized spacial score (nSPS) is 15.8. The van der Waals surface area contributed by atoms with E-state index in [9.17, 15) is 23.5 Å². The predicted molar refractivity (Wildman–Crippen MR) is 95.2 cm³/mol. The molecule has 2 aromatic rings. The fraction of sp³-hybridized carbons (Fsp3) is 0.300. The second kappa shape index (κ2) is 7.94. The molecular formula is C20H20F2N2O3. The van der Waals surface area contributed by atoms with Crippen LogP contribution in [0.3, 0.4) is 0 Å². The summed E-state index contributed by atoms with van der Waals surface area (Å²) in [4.78, 5) is 25.8. The summed E-state index contributed by atoms with van der Waals surface area (Å²) >= 11 is 0. The second-order valence-corrected chi connectivity index (χ2v) is 6.56. The van der Waals surface area contributed by atoms with Gasteiger partial charge in [-0.15, -0.1) is 0 Å². The van der Waals surface area contributed by atoms with E-state index in [2.05, 4.69) is 5.32 Å². The number of aliphatic hydroxyl groups is 1. The number of imide groups is 1. The smallest absolute Gasteiger partial charge is 0.261 e. The Morgan fingerprint density at radius 3 is 2.11 bits per heavy atom. The zero-order valence-corrected chi connectivity index (χ0v) is 14.8. The molecule has 3 rings (SSSR count). The van der Waals surface area contributed by atoms with Crippen LogP contribution in [0.25, 0.3) is 0 Å². The number of hydrogen-bond donors (Lipinski definition) is 2.